The molecule has 1 aliphatic rings. The van der Waals surface area contributed by atoms with E-state index in [2.05, 4.69) is 26.4 Å². The van der Waals surface area contributed by atoms with E-state index in [1.807, 2.05) is 0 Å². The number of aryl methyl sites for hydroxylation is 1. The number of benzene rings is 1. The predicted octanol–water partition coefficient (Wildman–Crippen LogP) is 2.54. The lowest BCUT2D eigenvalue weighted by Crippen LogP contribution is -2.41. The summed E-state index contributed by atoms with van der Waals surface area (Å²) in [6.07, 6.45) is 4.96. The van der Waals surface area contributed by atoms with Gasteiger partial charge < -0.3 is 9.15 Å². The first-order chi connectivity index (χ1) is 16.5. The van der Waals surface area contributed by atoms with Crippen LogP contribution in [0.3, 0.4) is 0 Å². The Morgan fingerprint density at radius 1 is 1.00 bits per heavy atom. The Labute approximate surface area is 195 Å². The first kappa shape index (κ1) is 22.7. The molecule has 34 heavy (non-hydrogen) atoms. The summed E-state index contributed by atoms with van der Waals surface area (Å²) >= 11 is 0. The number of fused-ring (bicyclic) bond motifs is 1. The Balaban J connectivity index is 1.50. The fourth-order valence-corrected chi connectivity index (χ4v) is 3.75. The van der Waals surface area contributed by atoms with Crippen molar-refractivity contribution in [2.45, 2.75) is 26.2 Å². The molecular weight excluding hydrogens is 438 g/mol. The summed E-state index contributed by atoms with van der Waals surface area (Å²) in [7, 11) is 1.49. The van der Waals surface area contributed by atoms with Crippen LogP contribution in [-0.4, -0.2) is 35.5 Å². The van der Waals surface area contributed by atoms with E-state index in [0.29, 0.717) is 52.3 Å². The molecule has 10 heteroatoms. The highest BCUT2D eigenvalue weighted by atomic mass is 16.5. The number of para-hydroxylation sites is 1. The van der Waals surface area contributed by atoms with Gasteiger partial charge in [-0.05, 0) is 44.0 Å². The fourth-order valence-electron chi connectivity index (χ4n) is 3.75. The third-order valence-corrected chi connectivity index (χ3v) is 5.41. The maximum atomic E-state index is 12.7. The number of hydrazone groups is 1. The Hall–Kier alpha value is -4.47. The number of nitrogens with one attached hydrogen (secondary N) is 3. The normalized spacial score (nSPS) is 13.6. The van der Waals surface area contributed by atoms with Crippen molar-refractivity contribution in [1.29, 1.82) is 0 Å². The van der Waals surface area contributed by atoms with Gasteiger partial charge in [-0.25, -0.2) is 5.43 Å². The van der Waals surface area contributed by atoms with Gasteiger partial charge >= 0.3 is 5.91 Å². The lowest BCUT2D eigenvalue weighted by atomic mass is 9.93. The SMILES string of the molecule is COc1ccccc1C(=O)N/N=C1\CCCc2oc(C(=O)NNC(=O)c3ccncc3)c(C)c21. The van der Waals surface area contributed by atoms with E-state index in [9.17, 15) is 14.4 Å². The quantitative estimate of drug-likeness (QED) is 0.500. The van der Waals surface area contributed by atoms with E-state index < -0.39 is 17.7 Å². The van der Waals surface area contributed by atoms with Crippen molar-refractivity contribution in [3.63, 3.8) is 0 Å². The molecule has 1 aromatic carbocycles. The maximum absolute atomic E-state index is 12.7. The molecule has 0 spiro atoms. The molecule has 0 saturated carbocycles. The summed E-state index contributed by atoms with van der Waals surface area (Å²) in [5, 5.41) is 4.32. The topological polar surface area (TPSA) is 135 Å². The van der Waals surface area contributed by atoms with Crippen molar-refractivity contribution in [1.82, 2.24) is 21.3 Å². The molecule has 2 aromatic heterocycles. The molecule has 0 unspecified atom stereocenters. The number of ether oxygens (including phenoxy) is 1. The molecular formula is C24H23N5O5. The van der Waals surface area contributed by atoms with Crippen LogP contribution in [0, 0.1) is 6.92 Å². The lowest BCUT2D eigenvalue weighted by molar-refractivity contribution is 0.0829. The first-order valence-electron chi connectivity index (χ1n) is 10.6. The monoisotopic (exact) mass is 461 g/mol. The van der Waals surface area contributed by atoms with Gasteiger partial charge in [0.1, 0.15) is 11.5 Å². The van der Waals surface area contributed by atoms with E-state index in [1.165, 1.54) is 31.6 Å². The number of hydrogen-bond acceptors (Lipinski definition) is 7. The Kier molecular flexibility index (Phi) is 6.67. The minimum absolute atomic E-state index is 0.0747. The van der Waals surface area contributed by atoms with E-state index in [0.717, 1.165) is 6.42 Å². The van der Waals surface area contributed by atoms with Crippen molar-refractivity contribution in [3.05, 3.63) is 82.6 Å². The van der Waals surface area contributed by atoms with Gasteiger partial charge in [0.2, 0.25) is 0 Å². The summed E-state index contributed by atoms with van der Waals surface area (Å²) in [5.41, 5.74) is 9.90. The van der Waals surface area contributed by atoms with Crippen molar-refractivity contribution >= 4 is 23.4 Å². The van der Waals surface area contributed by atoms with Crippen LogP contribution in [0.15, 0.2) is 58.3 Å². The zero-order valence-electron chi connectivity index (χ0n) is 18.7. The third-order valence-electron chi connectivity index (χ3n) is 5.41. The van der Waals surface area contributed by atoms with Crippen LogP contribution in [0.25, 0.3) is 0 Å². The second kappa shape index (κ2) is 9.99. The van der Waals surface area contributed by atoms with Crippen LogP contribution in [-0.2, 0) is 6.42 Å². The first-order valence-corrected chi connectivity index (χ1v) is 10.6. The number of furan rings is 1. The number of hydrogen-bond donors (Lipinski definition) is 3. The summed E-state index contributed by atoms with van der Waals surface area (Å²) < 4.78 is 11.0. The van der Waals surface area contributed by atoms with Gasteiger partial charge in [-0.3, -0.25) is 30.2 Å². The molecule has 174 valence electrons. The van der Waals surface area contributed by atoms with E-state index >= 15 is 0 Å². The second-order valence-electron chi connectivity index (χ2n) is 7.55. The largest absolute Gasteiger partial charge is 0.496 e. The molecule has 0 atom stereocenters. The van der Waals surface area contributed by atoms with Crippen molar-refractivity contribution in [2.75, 3.05) is 7.11 Å². The zero-order chi connectivity index (χ0) is 24.1. The van der Waals surface area contributed by atoms with Crippen LogP contribution in [0.5, 0.6) is 5.75 Å². The van der Waals surface area contributed by atoms with E-state index in [1.54, 1.807) is 31.2 Å². The number of aromatic nitrogens is 1. The highest BCUT2D eigenvalue weighted by Crippen LogP contribution is 2.30. The average molecular weight is 461 g/mol. The van der Waals surface area contributed by atoms with Gasteiger partial charge in [-0.15, -0.1) is 0 Å². The minimum atomic E-state index is -0.591. The highest BCUT2D eigenvalue weighted by Gasteiger charge is 2.28. The molecule has 3 N–H and O–H groups in total. The van der Waals surface area contributed by atoms with Gasteiger partial charge in [0.05, 0.1) is 18.4 Å². The standard InChI is InChI=1S/C24H23N5O5/c1-14-20-17(26-28-23(31)16-6-3-4-8-18(16)33-2)7-5-9-19(20)34-21(14)24(32)29-27-22(30)15-10-12-25-13-11-15/h3-4,6,8,10-13H,5,7,9H2,1-2H3,(H,27,30)(H,28,31)(H,29,32)/b26-17+. The maximum Gasteiger partial charge on any atom is 0.305 e. The number of rotatable bonds is 5. The molecule has 0 bridgehead atoms. The number of amides is 3. The van der Waals surface area contributed by atoms with Crippen molar-refractivity contribution in [2.24, 2.45) is 5.10 Å². The Morgan fingerprint density at radius 3 is 2.50 bits per heavy atom. The molecule has 3 amide bonds. The van der Waals surface area contributed by atoms with E-state index in [-0.39, 0.29) is 5.76 Å². The smallest absolute Gasteiger partial charge is 0.305 e. The fraction of sp³-hybridized carbons (Fsp3) is 0.208. The Morgan fingerprint density at radius 2 is 1.74 bits per heavy atom. The molecule has 0 fully saturated rings. The van der Waals surface area contributed by atoms with Crippen LogP contribution in [0.2, 0.25) is 0 Å². The number of pyridine rings is 1. The second-order valence-corrected chi connectivity index (χ2v) is 7.55. The molecule has 3 aromatic rings. The number of hydrazine groups is 1. The predicted molar refractivity (Wildman–Crippen MR) is 123 cm³/mol. The molecule has 0 aliphatic heterocycles. The van der Waals surface area contributed by atoms with Crippen molar-refractivity contribution < 1.29 is 23.5 Å². The summed E-state index contributed by atoms with van der Waals surface area (Å²) in [6, 6.07) is 9.91. The average Bonchev–Trinajstić information content (AvgIpc) is 3.23. The Bertz CT molecular complexity index is 1270. The molecule has 2 heterocycles. The van der Waals surface area contributed by atoms with E-state index in [4.69, 9.17) is 9.15 Å². The molecule has 0 saturated heterocycles. The zero-order valence-corrected chi connectivity index (χ0v) is 18.7. The van der Waals surface area contributed by atoms with Gasteiger partial charge in [-0.1, -0.05) is 12.1 Å². The van der Waals surface area contributed by atoms with Gasteiger partial charge in [0.15, 0.2) is 5.76 Å². The van der Waals surface area contributed by atoms with Crippen LogP contribution >= 0.6 is 0 Å². The summed E-state index contributed by atoms with van der Waals surface area (Å²) in [5.74, 6) is -0.352. The molecule has 0 radical (unpaired) electrons. The summed E-state index contributed by atoms with van der Waals surface area (Å²) in [6.45, 7) is 1.74. The minimum Gasteiger partial charge on any atom is -0.496 e. The number of carbonyl (C=O) groups excluding carboxylic acids is 3. The number of nitrogens with zero attached hydrogens (tertiary/aromatic N) is 2. The van der Waals surface area contributed by atoms with Gasteiger partial charge in [0, 0.05) is 35.5 Å². The molecule has 1 aliphatic carbocycles. The molecule has 4 rings (SSSR count). The van der Waals surface area contributed by atoms with Crippen molar-refractivity contribution in [3.8, 4) is 5.75 Å². The number of methoxy groups -OCH3 is 1. The molecule has 10 nitrogen and oxygen atoms in total. The third kappa shape index (κ3) is 4.65. The lowest BCUT2D eigenvalue weighted by Gasteiger charge is -2.14. The van der Waals surface area contributed by atoms with Crippen LogP contribution in [0.4, 0.5) is 0 Å². The van der Waals surface area contributed by atoms with Crippen LogP contribution < -0.4 is 21.0 Å². The highest BCUT2D eigenvalue weighted by molar-refractivity contribution is 6.07. The number of carbonyl (C=O) groups is 3. The van der Waals surface area contributed by atoms with Gasteiger partial charge in [-0.2, -0.15) is 5.10 Å². The summed E-state index contributed by atoms with van der Waals surface area (Å²) in [4.78, 5) is 41.3. The van der Waals surface area contributed by atoms with Crippen LogP contribution in [0.1, 0.15) is 61.0 Å². The van der Waals surface area contributed by atoms with Gasteiger partial charge in [0.25, 0.3) is 11.8 Å².